The van der Waals surface area contributed by atoms with Gasteiger partial charge >= 0.3 is 0 Å². The molecule has 0 atom stereocenters. The molecule has 0 aliphatic carbocycles. The Hall–Kier alpha value is -2.10. The molecule has 0 spiro atoms. The number of benzene rings is 1. The van der Waals surface area contributed by atoms with Gasteiger partial charge in [0.25, 0.3) is 5.56 Å². The zero-order valence-corrected chi connectivity index (χ0v) is 12.5. The first kappa shape index (κ1) is 13.9. The minimum absolute atomic E-state index is 0.0559. The van der Waals surface area contributed by atoms with Gasteiger partial charge in [0.2, 0.25) is 5.95 Å². The van der Waals surface area contributed by atoms with Crippen molar-refractivity contribution >= 4 is 5.95 Å². The maximum absolute atomic E-state index is 12.3. The van der Waals surface area contributed by atoms with Gasteiger partial charge in [0.1, 0.15) is 0 Å². The van der Waals surface area contributed by atoms with E-state index in [9.17, 15) is 4.79 Å². The number of nitrogens with zero attached hydrogens (tertiary/aromatic N) is 3. The van der Waals surface area contributed by atoms with Crippen LogP contribution in [0.2, 0.25) is 0 Å². The van der Waals surface area contributed by atoms with E-state index in [4.69, 9.17) is 0 Å². The van der Waals surface area contributed by atoms with Crippen molar-refractivity contribution in [2.24, 2.45) is 0 Å². The highest BCUT2D eigenvalue weighted by Crippen LogP contribution is 2.17. The van der Waals surface area contributed by atoms with Crippen LogP contribution in [0.1, 0.15) is 24.1 Å². The fraction of sp³-hybridized carbons (Fsp3) is 0.412. The maximum atomic E-state index is 12.3. The highest BCUT2D eigenvalue weighted by molar-refractivity contribution is 5.33. The lowest BCUT2D eigenvalue weighted by Crippen LogP contribution is -2.31. The number of hydrogen-bond acceptors (Lipinski definition) is 3. The number of aromatic nitrogens is 2. The fourth-order valence-corrected chi connectivity index (χ4v) is 2.86. The third-order valence-corrected chi connectivity index (χ3v) is 3.97. The van der Waals surface area contributed by atoms with E-state index < -0.39 is 0 Å². The average molecular weight is 283 g/mol. The summed E-state index contributed by atoms with van der Waals surface area (Å²) >= 11 is 0. The van der Waals surface area contributed by atoms with Crippen molar-refractivity contribution in [3.8, 4) is 0 Å². The van der Waals surface area contributed by atoms with Crippen molar-refractivity contribution in [3.63, 3.8) is 0 Å². The molecule has 1 aromatic heterocycles. The molecule has 0 N–H and O–H groups in total. The Morgan fingerprint density at radius 3 is 2.57 bits per heavy atom. The van der Waals surface area contributed by atoms with Crippen LogP contribution in [0.5, 0.6) is 0 Å². The van der Waals surface area contributed by atoms with Gasteiger partial charge in [-0.15, -0.1) is 0 Å². The van der Waals surface area contributed by atoms with Gasteiger partial charge < -0.3 is 4.90 Å². The van der Waals surface area contributed by atoms with E-state index in [-0.39, 0.29) is 5.56 Å². The normalized spacial score (nSPS) is 14.6. The minimum atomic E-state index is 0.0559. The molecule has 0 radical (unpaired) electrons. The Morgan fingerprint density at radius 1 is 1.14 bits per heavy atom. The Kier molecular flexibility index (Phi) is 4.04. The highest BCUT2D eigenvalue weighted by Gasteiger charge is 2.18. The van der Waals surface area contributed by atoms with Gasteiger partial charge in [-0.2, -0.15) is 0 Å². The van der Waals surface area contributed by atoms with Gasteiger partial charge in [0.15, 0.2) is 0 Å². The topological polar surface area (TPSA) is 38.1 Å². The summed E-state index contributed by atoms with van der Waals surface area (Å²) in [5, 5.41) is 0. The SMILES string of the molecule is Cc1cc(=O)n(CCc2ccccc2)c(N2CCCC2)n1. The molecule has 3 rings (SSSR count). The molecule has 1 fully saturated rings. The van der Waals surface area contributed by atoms with E-state index in [2.05, 4.69) is 22.0 Å². The average Bonchev–Trinajstić information content (AvgIpc) is 3.01. The molecular weight excluding hydrogens is 262 g/mol. The summed E-state index contributed by atoms with van der Waals surface area (Å²) in [6, 6.07) is 11.9. The predicted octanol–water partition coefficient (Wildman–Crippen LogP) is 2.39. The predicted molar refractivity (Wildman–Crippen MR) is 84.8 cm³/mol. The van der Waals surface area contributed by atoms with Gasteiger partial charge in [0, 0.05) is 31.4 Å². The summed E-state index contributed by atoms with van der Waals surface area (Å²) in [7, 11) is 0. The summed E-state index contributed by atoms with van der Waals surface area (Å²) in [4.78, 5) is 19.2. The van der Waals surface area contributed by atoms with Crippen LogP contribution >= 0.6 is 0 Å². The van der Waals surface area contributed by atoms with E-state index in [0.717, 1.165) is 31.2 Å². The van der Waals surface area contributed by atoms with E-state index in [0.29, 0.717) is 6.54 Å². The van der Waals surface area contributed by atoms with E-state index in [1.54, 1.807) is 6.07 Å². The fourth-order valence-electron chi connectivity index (χ4n) is 2.86. The van der Waals surface area contributed by atoms with Crippen LogP contribution in [-0.2, 0) is 13.0 Å². The number of aryl methyl sites for hydroxylation is 2. The number of hydrogen-bond donors (Lipinski definition) is 0. The van der Waals surface area contributed by atoms with E-state index in [1.165, 1.54) is 18.4 Å². The largest absolute Gasteiger partial charge is 0.342 e. The lowest BCUT2D eigenvalue weighted by atomic mass is 10.1. The molecule has 1 aromatic carbocycles. The summed E-state index contributed by atoms with van der Waals surface area (Å²) in [5.41, 5.74) is 2.11. The molecule has 2 aromatic rings. The van der Waals surface area contributed by atoms with Gasteiger partial charge in [-0.25, -0.2) is 4.98 Å². The molecule has 1 saturated heterocycles. The highest BCUT2D eigenvalue weighted by atomic mass is 16.1. The molecule has 0 unspecified atom stereocenters. The van der Waals surface area contributed by atoms with Crippen LogP contribution in [0.3, 0.4) is 0 Å². The summed E-state index contributed by atoms with van der Waals surface area (Å²) in [5.74, 6) is 0.841. The number of rotatable bonds is 4. The molecule has 1 aliphatic heterocycles. The van der Waals surface area contributed by atoms with Crippen LogP contribution in [-0.4, -0.2) is 22.6 Å². The molecule has 110 valence electrons. The number of anilines is 1. The van der Waals surface area contributed by atoms with Gasteiger partial charge in [-0.05, 0) is 31.7 Å². The van der Waals surface area contributed by atoms with E-state index in [1.807, 2.05) is 29.7 Å². The quantitative estimate of drug-likeness (QED) is 0.865. The van der Waals surface area contributed by atoms with Crippen molar-refractivity contribution in [1.82, 2.24) is 9.55 Å². The van der Waals surface area contributed by atoms with Crippen LogP contribution in [0.4, 0.5) is 5.95 Å². The minimum Gasteiger partial charge on any atom is -0.342 e. The third kappa shape index (κ3) is 3.15. The van der Waals surface area contributed by atoms with Crippen molar-refractivity contribution in [2.45, 2.75) is 32.7 Å². The summed E-state index contributed by atoms with van der Waals surface area (Å²) in [6.45, 7) is 4.58. The molecule has 0 bridgehead atoms. The van der Waals surface area contributed by atoms with Crippen LogP contribution in [0.25, 0.3) is 0 Å². The van der Waals surface area contributed by atoms with E-state index >= 15 is 0 Å². The molecule has 2 heterocycles. The van der Waals surface area contributed by atoms with Crippen LogP contribution in [0, 0.1) is 6.92 Å². The van der Waals surface area contributed by atoms with Gasteiger partial charge in [-0.3, -0.25) is 9.36 Å². The Balaban J connectivity index is 1.87. The molecule has 1 aliphatic rings. The third-order valence-electron chi connectivity index (χ3n) is 3.97. The van der Waals surface area contributed by atoms with Gasteiger partial charge in [0.05, 0.1) is 0 Å². The Labute approximate surface area is 125 Å². The van der Waals surface area contributed by atoms with Crippen LogP contribution < -0.4 is 10.5 Å². The van der Waals surface area contributed by atoms with Crippen molar-refractivity contribution in [3.05, 3.63) is 58.0 Å². The molecule has 4 heteroatoms. The standard InChI is InChI=1S/C17H21N3O/c1-14-13-16(21)20(12-9-15-7-3-2-4-8-15)17(18-14)19-10-5-6-11-19/h2-4,7-8,13H,5-6,9-12H2,1H3. The first-order valence-corrected chi connectivity index (χ1v) is 7.61. The summed E-state index contributed by atoms with van der Waals surface area (Å²) in [6.07, 6.45) is 3.22. The van der Waals surface area contributed by atoms with Crippen LogP contribution in [0.15, 0.2) is 41.2 Å². The summed E-state index contributed by atoms with van der Waals surface area (Å²) < 4.78 is 1.82. The Morgan fingerprint density at radius 2 is 1.86 bits per heavy atom. The zero-order valence-electron chi connectivity index (χ0n) is 12.5. The first-order chi connectivity index (χ1) is 10.2. The van der Waals surface area contributed by atoms with Crippen molar-refractivity contribution < 1.29 is 0 Å². The Bertz CT molecular complexity index is 657. The molecule has 4 nitrogen and oxygen atoms in total. The molecular formula is C17H21N3O. The maximum Gasteiger partial charge on any atom is 0.255 e. The van der Waals surface area contributed by atoms with Gasteiger partial charge in [-0.1, -0.05) is 30.3 Å². The first-order valence-electron chi connectivity index (χ1n) is 7.61. The van der Waals surface area contributed by atoms with Crippen molar-refractivity contribution in [2.75, 3.05) is 18.0 Å². The second kappa shape index (κ2) is 6.12. The molecule has 21 heavy (non-hydrogen) atoms. The van der Waals surface area contributed by atoms with Crippen molar-refractivity contribution in [1.29, 1.82) is 0 Å². The lowest BCUT2D eigenvalue weighted by Gasteiger charge is -2.21. The smallest absolute Gasteiger partial charge is 0.255 e. The molecule has 0 saturated carbocycles. The zero-order chi connectivity index (χ0) is 14.7. The monoisotopic (exact) mass is 283 g/mol. The lowest BCUT2D eigenvalue weighted by molar-refractivity contribution is 0.637. The molecule has 0 amide bonds. The second-order valence-corrected chi connectivity index (χ2v) is 5.62. The second-order valence-electron chi connectivity index (χ2n) is 5.62.